The normalized spacial score (nSPS) is 31.3. The van der Waals surface area contributed by atoms with E-state index in [1.807, 2.05) is 0 Å². The maximum absolute atomic E-state index is 3.51. The van der Waals surface area contributed by atoms with E-state index in [2.05, 4.69) is 31.1 Å². The topological polar surface area (TPSA) is 15.3 Å². The molecule has 0 aromatic carbocycles. The molecule has 0 radical (unpaired) electrons. The van der Waals surface area contributed by atoms with Crippen molar-refractivity contribution in [2.24, 2.45) is 17.8 Å². The maximum Gasteiger partial charge on any atom is 0.00644 e. The van der Waals surface area contributed by atoms with Gasteiger partial charge in [-0.25, -0.2) is 0 Å². The fraction of sp³-hybridized carbons (Fsp3) is 1.00. The lowest BCUT2D eigenvalue weighted by molar-refractivity contribution is 0.173. The summed E-state index contributed by atoms with van der Waals surface area (Å²) in [5, 5.41) is 3.51. The fourth-order valence-corrected chi connectivity index (χ4v) is 4.19. The molecule has 4 atom stereocenters. The quantitative estimate of drug-likeness (QED) is 0.642. The van der Waals surface area contributed by atoms with Crippen molar-refractivity contribution in [1.82, 2.24) is 10.2 Å². The molecule has 0 amide bonds. The number of hydrogen-bond donors (Lipinski definition) is 1. The lowest BCUT2D eigenvalue weighted by Crippen LogP contribution is -2.35. The Morgan fingerprint density at radius 2 is 2.05 bits per heavy atom. The zero-order valence-corrected chi connectivity index (χ0v) is 13.3. The molecule has 2 aliphatic rings. The molecule has 0 aliphatic heterocycles. The van der Waals surface area contributed by atoms with Crippen LogP contribution in [0.5, 0.6) is 0 Å². The van der Waals surface area contributed by atoms with Crippen LogP contribution >= 0.6 is 0 Å². The summed E-state index contributed by atoms with van der Waals surface area (Å²) in [6.45, 7) is 8.37. The van der Waals surface area contributed by atoms with Crippen molar-refractivity contribution < 1.29 is 0 Å². The maximum atomic E-state index is 3.51. The molecule has 0 spiro atoms. The van der Waals surface area contributed by atoms with Crippen molar-refractivity contribution in [2.45, 2.75) is 64.8 Å². The number of rotatable bonds is 9. The van der Waals surface area contributed by atoms with Crippen LogP contribution in [0, 0.1) is 17.8 Å². The van der Waals surface area contributed by atoms with Gasteiger partial charge in [0.25, 0.3) is 0 Å². The number of nitrogens with zero attached hydrogens (tertiary/aromatic N) is 1. The Hall–Kier alpha value is -0.0800. The van der Waals surface area contributed by atoms with E-state index < -0.39 is 0 Å². The highest BCUT2D eigenvalue weighted by Crippen LogP contribution is 2.48. The van der Waals surface area contributed by atoms with Crippen molar-refractivity contribution in [2.75, 3.05) is 26.7 Å². The van der Waals surface area contributed by atoms with Crippen molar-refractivity contribution in [3.8, 4) is 0 Å². The van der Waals surface area contributed by atoms with Crippen LogP contribution in [0.3, 0.4) is 0 Å². The molecule has 112 valence electrons. The minimum absolute atomic E-state index is 0.752. The minimum atomic E-state index is 0.752. The molecule has 0 aromatic heterocycles. The number of hydrogen-bond acceptors (Lipinski definition) is 2. The summed E-state index contributed by atoms with van der Waals surface area (Å²) in [5.74, 6) is 3.19. The van der Waals surface area contributed by atoms with E-state index in [4.69, 9.17) is 0 Å². The molecule has 2 nitrogen and oxygen atoms in total. The summed E-state index contributed by atoms with van der Waals surface area (Å²) in [6, 6.07) is 0.752. The van der Waals surface area contributed by atoms with Gasteiger partial charge in [0.1, 0.15) is 0 Å². The summed E-state index contributed by atoms with van der Waals surface area (Å²) in [4.78, 5) is 2.63. The fourth-order valence-electron chi connectivity index (χ4n) is 4.19. The van der Waals surface area contributed by atoms with Crippen molar-refractivity contribution in [1.29, 1.82) is 0 Å². The SMILES string of the molecule is CCCNCCCC(C)N(C)CC1CC2CCC1C2. The average Bonchev–Trinajstić information content (AvgIpc) is 3.00. The van der Waals surface area contributed by atoms with Crippen LogP contribution in [0.4, 0.5) is 0 Å². The molecular weight excluding hydrogens is 232 g/mol. The lowest BCUT2D eigenvalue weighted by Gasteiger charge is -2.31. The van der Waals surface area contributed by atoms with Gasteiger partial charge in [0.15, 0.2) is 0 Å². The third kappa shape index (κ3) is 4.46. The minimum Gasteiger partial charge on any atom is -0.317 e. The van der Waals surface area contributed by atoms with Crippen LogP contribution in [0.2, 0.25) is 0 Å². The van der Waals surface area contributed by atoms with Crippen LogP contribution in [0.1, 0.15) is 58.8 Å². The summed E-state index contributed by atoms with van der Waals surface area (Å²) in [6.07, 6.45) is 10.0. The van der Waals surface area contributed by atoms with Crippen LogP contribution in [0.25, 0.3) is 0 Å². The van der Waals surface area contributed by atoms with E-state index in [-0.39, 0.29) is 0 Å². The second-order valence-corrected chi connectivity index (χ2v) is 7.12. The largest absolute Gasteiger partial charge is 0.317 e. The van der Waals surface area contributed by atoms with Gasteiger partial charge in [-0.1, -0.05) is 13.3 Å². The molecule has 2 saturated carbocycles. The Labute approximate surface area is 120 Å². The predicted octanol–water partition coefficient (Wildman–Crippen LogP) is 3.52. The second kappa shape index (κ2) is 7.64. The molecule has 4 unspecified atom stereocenters. The summed E-state index contributed by atoms with van der Waals surface area (Å²) < 4.78 is 0. The molecule has 2 bridgehead atoms. The first-order valence-electron chi connectivity index (χ1n) is 8.61. The molecule has 0 saturated heterocycles. The van der Waals surface area contributed by atoms with E-state index in [9.17, 15) is 0 Å². The molecular formula is C17H34N2. The average molecular weight is 266 g/mol. The summed E-state index contributed by atoms with van der Waals surface area (Å²) in [7, 11) is 2.34. The van der Waals surface area contributed by atoms with Gasteiger partial charge in [0, 0.05) is 12.6 Å². The first kappa shape index (κ1) is 15.3. The molecule has 0 heterocycles. The van der Waals surface area contributed by atoms with E-state index in [0.717, 1.165) is 23.8 Å². The standard InChI is InChI=1S/C17H34N2/c1-4-9-18-10-5-6-14(2)19(3)13-17-12-15-7-8-16(17)11-15/h14-18H,4-13H2,1-3H3. The Balaban J connectivity index is 1.58. The Morgan fingerprint density at radius 3 is 2.68 bits per heavy atom. The third-order valence-electron chi connectivity index (χ3n) is 5.56. The highest BCUT2D eigenvalue weighted by atomic mass is 15.1. The molecule has 2 fully saturated rings. The molecule has 0 aromatic rings. The predicted molar refractivity (Wildman–Crippen MR) is 83.4 cm³/mol. The van der Waals surface area contributed by atoms with E-state index in [1.165, 1.54) is 58.2 Å². The van der Waals surface area contributed by atoms with Gasteiger partial charge in [-0.3, -0.25) is 0 Å². The highest BCUT2D eigenvalue weighted by Gasteiger charge is 2.39. The summed E-state index contributed by atoms with van der Waals surface area (Å²) in [5.41, 5.74) is 0. The van der Waals surface area contributed by atoms with Crippen molar-refractivity contribution >= 4 is 0 Å². The zero-order valence-electron chi connectivity index (χ0n) is 13.3. The van der Waals surface area contributed by atoms with E-state index >= 15 is 0 Å². The molecule has 2 aliphatic carbocycles. The van der Waals surface area contributed by atoms with Crippen LogP contribution < -0.4 is 5.32 Å². The highest BCUT2D eigenvalue weighted by molar-refractivity contribution is 4.91. The van der Waals surface area contributed by atoms with Gasteiger partial charge in [-0.2, -0.15) is 0 Å². The smallest absolute Gasteiger partial charge is 0.00644 e. The Kier molecular flexibility index (Phi) is 6.15. The van der Waals surface area contributed by atoms with E-state index in [1.54, 1.807) is 6.42 Å². The lowest BCUT2D eigenvalue weighted by atomic mass is 9.88. The van der Waals surface area contributed by atoms with Gasteiger partial charge in [-0.05, 0) is 83.3 Å². The van der Waals surface area contributed by atoms with Gasteiger partial charge in [0.05, 0.1) is 0 Å². The second-order valence-electron chi connectivity index (χ2n) is 7.12. The van der Waals surface area contributed by atoms with Crippen LogP contribution in [0.15, 0.2) is 0 Å². The third-order valence-corrected chi connectivity index (χ3v) is 5.56. The van der Waals surface area contributed by atoms with Gasteiger partial charge < -0.3 is 10.2 Å². The molecule has 1 N–H and O–H groups in total. The van der Waals surface area contributed by atoms with E-state index in [0.29, 0.717) is 0 Å². The molecule has 19 heavy (non-hydrogen) atoms. The Bertz CT molecular complexity index is 254. The Morgan fingerprint density at radius 1 is 1.21 bits per heavy atom. The molecule has 2 rings (SSSR count). The van der Waals surface area contributed by atoms with Gasteiger partial charge >= 0.3 is 0 Å². The number of nitrogens with one attached hydrogen (secondary N) is 1. The summed E-state index contributed by atoms with van der Waals surface area (Å²) >= 11 is 0. The van der Waals surface area contributed by atoms with Gasteiger partial charge in [-0.15, -0.1) is 0 Å². The molecule has 2 heteroatoms. The van der Waals surface area contributed by atoms with Crippen molar-refractivity contribution in [3.05, 3.63) is 0 Å². The first-order valence-corrected chi connectivity index (χ1v) is 8.61. The van der Waals surface area contributed by atoms with Crippen molar-refractivity contribution in [3.63, 3.8) is 0 Å². The first-order chi connectivity index (χ1) is 9.20. The number of fused-ring (bicyclic) bond motifs is 2. The monoisotopic (exact) mass is 266 g/mol. The van der Waals surface area contributed by atoms with Gasteiger partial charge in [0.2, 0.25) is 0 Å². The van der Waals surface area contributed by atoms with Crippen LogP contribution in [-0.2, 0) is 0 Å². The zero-order chi connectivity index (χ0) is 13.7. The van der Waals surface area contributed by atoms with Crippen LogP contribution in [-0.4, -0.2) is 37.6 Å².